The van der Waals surface area contributed by atoms with E-state index in [1.54, 1.807) is 13.1 Å². The van der Waals surface area contributed by atoms with E-state index in [9.17, 15) is 9.59 Å². The molecule has 6 heteroatoms. The maximum atomic E-state index is 12.7. The lowest BCUT2D eigenvalue weighted by atomic mass is 10.1. The van der Waals surface area contributed by atoms with Crippen molar-refractivity contribution in [2.45, 2.75) is 57.9 Å². The number of piperazine rings is 1. The molecular weight excluding hydrogens is 340 g/mol. The predicted octanol–water partition coefficient (Wildman–Crippen LogP) is 2.69. The van der Waals surface area contributed by atoms with Gasteiger partial charge in [0.15, 0.2) is 0 Å². The Kier molecular flexibility index (Phi) is 7.07. The first-order valence-electron chi connectivity index (χ1n) is 10.4. The minimum Gasteiger partial charge on any atom is -0.353 e. The predicted molar refractivity (Wildman–Crippen MR) is 107 cm³/mol. The van der Waals surface area contributed by atoms with Gasteiger partial charge in [0, 0.05) is 58.3 Å². The third-order valence-electron chi connectivity index (χ3n) is 5.84. The summed E-state index contributed by atoms with van der Waals surface area (Å²) in [7, 11) is 0. The quantitative estimate of drug-likeness (QED) is 0.746. The summed E-state index contributed by atoms with van der Waals surface area (Å²) in [4.78, 5) is 35.3. The largest absolute Gasteiger partial charge is 0.353 e. The van der Waals surface area contributed by atoms with Crippen LogP contribution in [0.15, 0.2) is 24.4 Å². The number of pyridine rings is 1. The number of aromatic nitrogens is 1. The van der Waals surface area contributed by atoms with Gasteiger partial charge < -0.3 is 14.7 Å². The Balaban J connectivity index is 1.47. The van der Waals surface area contributed by atoms with E-state index >= 15 is 0 Å². The van der Waals surface area contributed by atoms with Crippen molar-refractivity contribution < 1.29 is 9.59 Å². The molecule has 0 aromatic carbocycles. The molecule has 27 heavy (non-hydrogen) atoms. The van der Waals surface area contributed by atoms with Gasteiger partial charge in [0.25, 0.3) is 0 Å². The average Bonchev–Trinajstić information content (AvgIpc) is 2.98. The van der Waals surface area contributed by atoms with E-state index < -0.39 is 0 Å². The van der Waals surface area contributed by atoms with Crippen LogP contribution < -0.4 is 4.90 Å². The van der Waals surface area contributed by atoms with E-state index in [0.717, 1.165) is 44.8 Å². The maximum absolute atomic E-state index is 12.7. The van der Waals surface area contributed by atoms with Crippen molar-refractivity contribution in [2.75, 3.05) is 37.6 Å². The average molecular weight is 373 g/mol. The first kappa shape index (κ1) is 19.6. The Hall–Kier alpha value is -2.11. The molecule has 2 fully saturated rings. The number of hydrogen-bond acceptors (Lipinski definition) is 4. The van der Waals surface area contributed by atoms with Crippen molar-refractivity contribution in [3.05, 3.63) is 24.4 Å². The molecule has 1 saturated heterocycles. The smallest absolute Gasteiger partial charge is 0.224 e. The molecule has 3 rings (SSSR count). The van der Waals surface area contributed by atoms with E-state index in [1.807, 2.05) is 28.0 Å². The SMILES string of the molecule is CC(=O)N(CCC(=O)N1CCN(c2ccccn2)CC1)C1CCCCCC1. The molecule has 0 spiro atoms. The minimum absolute atomic E-state index is 0.106. The first-order chi connectivity index (χ1) is 13.1. The molecule has 1 saturated carbocycles. The van der Waals surface area contributed by atoms with Gasteiger partial charge >= 0.3 is 0 Å². The van der Waals surface area contributed by atoms with E-state index in [0.29, 0.717) is 19.0 Å². The second-order valence-corrected chi connectivity index (χ2v) is 7.66. The molecule has 2 aliphatic rings. The van der Waals surface area contributed by atoms with Crippen LogP contribution in [0.5, 0.6) is 0 Å². The number of rotatable bonds is 5. The molecular formula is C21H32N4O2. The highest BCUT2D eigenvalue weighted by molar-refractivity contribution is 5.78. The van der Waals surface area contributed by atoms with Crippen LogP contribution in [0.4, 0.5) is 5.82 Å². The van der Waals surface area contributed by atoms with Gasteiger partial charge in [-0.25, -0.2) is 4.98 Å². The van der Waals surface area contributed by atoms with Crippen molar-refractivity contribution in [3.63, 3.8) is 0 Å². The van der Waals surface area contributed by atoms with Gasteiger partial charge in [-0.15, -0.1) is 0 Å². The van der Waals surface area contributed by atoms with Gasteiger partial charge in [0.05, 0.1) is 0 Å². The second-order valence-electron chi connectivity index (χ2n) is 7.66. The van der Waals surface area contributed by atoms with Crippen LogP contribution in [0.1, 0.15) is 51.9 Å². The number of hydrogen-bond donors (Lipinski definition) is 0. The van der Waals surface area contributed by atoms with E-state index in [2.05, 4.69) is 9.88 Å². The van der Waals surface area contributed by atoms with Crippen LogP contribution in [0.2, 0.25) is 0 Å². The number of amides is 2. The molecule has 1 aliphatic carbocycles. The lowest BCUT2D eigenvalue weighted by Gasteiger charge is -2.36. The summed E-state index contributed by atoms with van der Waals surface area (Å²) >= 11 is 0. The van der Waals surface area contributed by atoms with Gasteiger partial charge in [-0.05, 0) is 25.0 Å². The van der Waals surface area contributed by atoms with Gasteiger partial charge in [0.1, 0.15) is 5.82 Å². The zero-order chi connectivity index (χ0) is 19.1. The Labute approximate surface area is 162 Å². The van der Waals surface area contributed by atoms with Crippen LogP contribution in [0.25, 0.3) is 0 Å². The Morgan fingerprint density at radius 1 is 1.07 bits per heavy atom. The van der Waals surface area contributed by atoms with Gasteiger partial charge in [-0.3, -0.25) is 9.59 Å². The lowest BCUT2D eigenvalue weighted by molar-refractivity contribution is -0.135. The van der Waals surface area contributed by atoms with E-state index in [-0.39, 0.29) is 11.8 Å². The Morgan fingerprint density at radius 2 is 1.78 bits per heavy atom. The highest BCUT2D eigenvalue weighted by atomic mass is 16.2. The molecule has 1 aliphatic heterocycles. The normalized spacial score (nSPS) is 18.9. The third kappa shape index (κ3) is 5.44. The highest BCUT2D eigenvalue weighted by Crippen LogP contribution is 2.22. The minimum atomic E-state index is 0.106. The van der Waals surface area contributed by atoms with E-state index in [4.69, 9.17) is 0 Å². The molecule has 2 heterocycles. The molecule has 6 nitrogen and oxygen atoms in total. The molecule has 1 aromatic rings. The molecule has 0 unspecified atom stereocenters. The molecule has 1 aromatic heterocycles. The van der Waals surface area contributed by atoms with Crippen LogP contribution in [-0.2, 0) is 9.59 Å². The summed E-state index contributed by atoms with van der Waals surface area (Å²) in [5.74, 6) is 1.24. The molecule has 0 atom stereocenters. The van der Waals surface area contributed by atoms with Crippen molar-refractivity contribution >= 4 is 17.6 Å². The summed E-state index contributed by atoms with van der Waals surface area (Å²) in [5.41, 5.74) is 0. The van der Waals surface area contributed by atoms with Crippen LogP contribution >= 0.6 is 0 Å². The maximum Gasteiger partial charge on any atom is 0.224 e. The molecule has 2 amide bonds. The molecule has 0 radical (unpaired) electrons. The third-order valence-corrected chi connectivity index (χ3v) is 5.84. The summed E-state index contributed by atoms with van der Waals surface area (Å²) in [6.07, 6.45) is 9.31. The van der Waals surface area contributed by atoms with Crippen molar-refractivity contribution in [3.8, 4) is 0 Å². The summed E-state index contributed by atoms with van der Waals surface area (Å²) in [6, 6.07) is 6.23. The second kappa shape index (κ2) is 9.72. The Morgan fingerprint density at radius 3 is 2.37 bits per heavy atom. The van der Waals surface area contributed by atoms with Gasteiger partial charge in [0.2, 0.25) is 11.8 Å². The monoisotopic (exact) mass is 372 g/mol. The summed E-state index contributed by atoms with van der Waals surface area (Å²) in [5, 5.41) is 0. The van der Waals surface area contributed by atoms with Crippen molar-refractivity contribution in [2.24, 2.45) is 0 Å². The summed E-state index contributed by atoms with van der Waals surface area (Å²) < 4.78 is 0. The number of nitrogens with zero attached hydrogens (tertiary/aromatic N) is 4. The Bertz CT molecular complexity index is 606. The zero-order valence-corrected chi connectivity index (χ0v) is 16.5. The fraction of sp³-hybridized carbons (Fsp3) is 0.667. The van der Waals surface area contributed by atoms with E-state index in [1.165, 1.54) is 25.7 Å². The first-order valence-corrected chi connectivity index (χ1v) is 10.4. The standard InChI is InChI=1S/C21H32N4O2/c1-18(26)25(19-8-4-2-3-5-9-19)13-11-21(27)24-16-14-23(15-17-24)20-10-6-7-12-22-20/h6-7,10,12,19H,2-5,8-9,11,13-17H2,1H3. The number of carbonyl (C=O) groups excluding carboxylic acids is 2. The lowest BCUT2D eigenvalue weighted by Crippen LogP contribution is -2.50. The molecule has 0 N–H and O–H groups in total. The summed E-state index contributed by atoms with van der Waals surface area (Å²) in [6.45, 7) is 5.25. The van der Waals surface area contributed by atoms with Gasteiger partial charge in [-0.2, -0.15) is 0 Å². The fourth-order valence-corrected chi connectivity index (χ4v) is 4.27. The van der Waals surface area contributed by atoms with Crippen molar-refractivity contribution in [1.82, 2.24) is 14.8 Å². The van der Waals surface area contributed by atoms with Crippen molar-refractivity contribution in [1.29, 1.82) is 0 Å². The zero-order valence-electron chi connectivity index (χ0n) is 16.5. The topological polar surface area (TPSA) is 56.8 Å². The fourth-order valence-electron chi connectivity index (χ4n) is 4.27. The van der Waals surface area contributed by atoms with Crippen LogP contribution in [-0.4, -0.2) is 65.4 Å². The molecule has 0 bridgehead atoms. The van der Waals surface area contributed by atoms with Gasteiger partial charge in [-0.1, -0.05) is 31.7 Å². The highest BCUT2D eigenvalue weighted by Gasteiger charge is 2.25. The number of anilines is 1. The molecule has 148 valence electrons. The van der Waals surface area contributed by atoms with Crippen LogP contribution in [0, 0.1) is 0 Å². The number of carbonyl (C=O) groups is 2. The van der Waals surface area contributed by atoms with Crippen LogP contribution in [0.3, 0.4) is 0 Å².